The highest BCUT2D eigenvalue weighted by Crippen LogP contribution is 2.23. The first kappa shape index (κ1) is 11.3. The number of hydrogen-bond acceptors (Lipinski definition) is 5. The van der Waals surface area contributed by atoms with Gasteiger partial charge in [0, 0.05) is 12.4 Å². The number of rotatable bonds is 1. The molecule has 0 aliphatic rings. The Hall–Kier alpha value is -3.23. The van der Waals surface area contributed by atoms with E-state index in [1.807, 2.05) is 18.2 Å². The first-order valence-corrected chi connectivity index (χ1v) is 4.96. The zero-order chi connectivity index (χ0) is 13.0. The monoisotopic (exact) mass is 231 g/mol. The van der Waals surface area contributed by atoms with E-state index in [9.17, 15) is 0 Å². The van der Waals surface area contributed by atoms with Crippen LogP contribution in [0, 0.1) is 34.0 Å². The van der Waals surface area contributed by atoms with E-state index in [0.717, 1.165) is 0 Å². The van der Waals surface area contributed by atoms with Crippen LogP contribution in [0.1, 0.15) is 16.7 Å². The van der Waals surface area contributed by atoms with Gasteiger partial charge in [-0.05, 0) is 12.1 Å². The van der Waals surface area contributed by atoms with Crippen molar-refractivity contribution in [2.75, 3.05) is 0 Å². The quantitative estimate of drug-likeness (QED) is 0.744. The summed E-state index contributed by atoms with van der Waals surface area (Å²) in [6.45, 7) is 0. The number of pyridine rings is 2. The van der Waals surface area contributed by atoms with Crippen molar-refractivity contribution in [2.45, 2.75) is 0 Å². The summed E-state index contributed by atoms with van der Waals surface area (Å²) in [7, 11) is 0. The lowest BCUT2D eigenvalue weighted by molar-refractivity contribution is 1.21. The van der Waals surface area contributed by atoms with E-state index in [2.05, 4.69) is 9.97 Å². The molecule has 5 nitrogen and oxygen atoms in total. The van der Waals surface area contributed by atoms with Crippen molar-refractivity contribution in [3.63, 3.8) is 0 Å². The highest BCUT2D eigenvalue weighted by atomic mass is 14.8. The molecule has 0 radical (unpaired) electrons. The van der Waals surface area contributed by atoms with Gasteiger partial charge in [0.2, 0.25) is 0 Å². The molecule has 5 heteroatoms. The van der Waals surface area contributed by atoms with Crippen LogP contribution < -0.4 is 0 Å². The molecular formula is C13H5N5. The third-order valence-corrected chi connectivity index (χ3v) is 2.33. The van der Waals surface area contributed by atoms with Crippen LogP contribution in [0.3, 0.4) is 0 Å². The SMILES string of the molecule is N#Cc1cnc(-c2ccccn2)c(C#N)c1C#N. The molecule has 0 atom stereocenters. The molecule has 2 aromatic rings. The van der Waals surface area contributed by atoms with Crippen molar-refractivity contribution in [1.29, 1.82) is 15.8 Å². The Morgan fingerprint density at radius 2 is 1.67 bits per heavy atom. The van der Waals surface area contributed by atoms with Crippen molar-refractivity contribution < 1.29 is 0 Å². The molecule has 0 N–H and O–H groups in total. The van der Waals surface area contributed by atoms with Crippen molar-refractivity contribution >= 4 is 0 Å². The Kier molecular flexibility index (Phi) is 2.96. The van der Waals surface area contributed by atoms with Crippen molar-refractivity contribution in [3.8, 4) is 29.6 Å². The molecule has 0 fully saturated rings. The van der Waals surface area contributed by atoms with Gasteiger partial charge in [-0.1, -0.05) is 6.07 Å². The van der Waals surface area contributed by atoms with E-state index in [4.69, 9.17) is 15.8 Å². The Morgan fingerprint density at radius 3 is 2.22 bits per heavy atom. The Morgan fingerprint density at radius 1 is 0.889 bits per heavy atom. The number of nitriles is 3. The maximum Gasteiger partial charge on any atom is 0.108 e. The predicted molar refractivity (Wildman–Crippen MR) is 61.6 cm³/mol. The van der Waals surface area contributed by atoms with Crippen LogP contribution in [-0.4, -0.2) is 9.97 Å². The normalized spacial score (nSPS) is 8.94. The minimum absolute atomic E-state index is 0.0376. The van der Waals surface area contributed by atoms with Crippen LogP contribution in [0.15, 0.2) is 30.6 Å². The Balaban J connectivity index is 2.77. The van der Waals surface area contributed by atoms with Crippen LogP contribution in [0.2, 0.25) is 0 Å². The molecule has 0 aromatic carbocycles. The zero-order valence-electron chi connectivity index (χ0n) is 9.12. The van der Waals surface area contributed by atoms with Gasteiger partial charge < -0.3 is 0 Å². The summed E-state index contributed by atoms with van der Waals surface area (Å²) in [4.78, 5) is 8.12. The molecule has 18 heavy (non-hydrogen) atoms. The third kappa shape index (κ3) is 1.75. The minimum Gasteiger partial charge on any atom is -0.255 e. The molecular weight excluding hydrogens is 226 g/mol. The maximum atomic E-state index is 9.13. The fourth-order valence-electron chi connectivity index (χ4n) is 1.52. The molecule has 0 unspecified atom stereocenters. The second kappa shape index (κ2) is 4.74. The molecule has 0 bridgehead atoms. The number of hydrogen-bond donors (Lipinski definition) is 0. The molecule has 0 saturated heterocycles. The van der Waals surface area contributed by atoms with E-state index in [1.54, 1.807) is 24.4 Å². The summed E-state index contributed by atoms with van der Waals surface area (Å²) in [6, 6.07) is 10.8. The molecule has 0 spiro atoms. The maximum absolute atomic E-state index is 9.13. The van der Waals surface area contributed by atoms with Gasteiger partial charge in [-0.25, -0.2) is 0 Å². The van der Waals surface area contributed by atoms with Crippen molar-refractivity contribution in [1.82, 2.24) is 9.97 Å². The molecule has 2 heterocycles. The Labute approximate surface area is 103 Å². The van der Waals surface area contributed by atoms with Gasteiger partial charge in [-0.15, -0.1) is 0 Å². The van der Waals surface area contributed by atoms with E-state index < -0.39 is 0 Å². The second-order valence-corrected chi connectivity index (χ2v) is 3.32. The zero-order valence-corrected chi connectivity index (χ0v) is 9.12. The smallest absolute Gasteiger partial charge is 0.108 e. The fraction of sp³-hybridized carbons (Fsp3) is 0. The highest BCUT2D eigenvalue weighted by molar-refractivity contribution is 5.69. The van der Waals surface area contributed by atoms with E-state index in [1.165, 1.54) is 6.20 Å². The van der Waals surface area contributed by atoms with Crippen molar-refractivity contribution in [2.24, 2.45) is 0 Å². The van der Waals surface area contributed by atoms with Gasteiger partial charge in [0.1, 0.15) is 23.9 Å². The van der Waals surface area contributed by atoms with Gasteiger partial charge in [0.15, 0.2) is 0 Å². The van der Waals surface area contributed by atoms with Crippen molar-refractivity contribution in [3.05, 3.63) is 47.3 Å². The van der Waals surface area contributed by atoms with E-state index in [0.29, 0.717) is 11.4 Å². The molecule has 0 amide bonds. The first-order valence-electron chi connectivity index (χ1n) is 4.96. The summed E-state index contributed by atoms with van der Waals surface area (Å²) in [5.41, 5.74) is 1.02. The second-order valence-electron chi connectivity index (χ2n) is 3.32. The standard InChI is InChI=1S/C13H5N5/c14-5-9-8-18-13(11(7-16)10(9)6-15)12-3-1-2-4-17-12/h1-4,8H. The van der Waals surface area contributed by atoms with Crippen LogP contribution in [-0.2, 0) is 0 Å². The third-order valence-electron chi connectivity index (χ3n) is 2.33. The summed E-state index contributed by atoms with van der Waals surface area (Å²) in [5.74, 6) is 0. The van der Waals surface area contributed by atoms with Gasteiger partial charge >= 0.3 is 0 Å². The largest absolute Gasteiger partial charge is 0.255 e. The molecule has 2 aromatic heterocycles. The van der Waals surface area contributed by atoms with Crippen LogP contribution in [0.4, 0.5) is 0 Å². The summed E-state index contributed by atoms with van der Waals surface area (Å²) < 4.78 is 0. The average Bonchev–Trinajstić information content (AvgIpc) is 2.46. The predicted octanol–water partition coefficient (Wildman–Crippen LogP) is 1.76. The fourth-order valence-corrected chi connectivity index (χ4v) is 1.52. The van der Waals surface area contributed by atoms with Gasteiger partial charge in [-0.2, -0.15) is 15.8 Å². The van der Waals surface area contributed by atoms with Gasteiger partial charge in [-0.3, -0.25) is 9.97 Å². The minimum atomic E-state index is 0.0376. The molecule has 0 aliphatic carbocycles. The first-order chi connectivity index (χ1) is 8.81. The number of aromatic nitrogens is 2. The van der Waals surface area contributed by atoms with E-state index in [-0.39, 0.29) is 16.7 Å². The summed E-state index contributed by atoms with van der Waals surface area (Å²) in [6.07, 6.45) is 2.85. The lowest BCUT2D eigenvalue weighted by Crippen LogP contribution is -1.98. The molecule has 0 saturated carbocycles. The molecule has 2 rings (SSSR count). The van der Waals surface area contributed by atoms with Crippen LogP contribution in [0.5, 0.6) is 0 Å². The molecule has 0 aliphatic heterocycles. The van der Waals surface area contributed by atoms with Gasteiger partial charge in [0.25, 0.3) is 0 Å². The summed E-state index contributed by atoms with van der Waals surface area (Å²) >= 11 is 0. The summed E-state index contributed by atoms with van der Waals surface area (Å²) in [5, 5.41) is 27.0. The van der Waals surface area contributed by atoms with Gasteiger partial charge in [0.05, 0.1) is 22.4 Å². The lowest BCUT2D eigenvalue weighted by Gasteiger charge is -2.04. The van der Waals surface area contributed by atoms with E-state index >= 15 is 0 Å². The Bertz CT molecular complexity index is 714. The average molecular weight is 231 g/mol. The highest BCUT2D eigenvalue weighted by Gasteiger charge is 2.16. The topological polar surface area (TPSA) is 97.2 Å². The van der Waals surface area contributed by atoms with Crippen LogP contribution >= 0.6 is 0 Å². The molecule has 82 valence electrons. The number of nitrogens with zero attached hydrogens (tertiary/aromatic N) is 5. The van der Waals surface area contributed by atoms with Crippen LogP contribution in [0.25, 0.3) is 11.4 Å². The lowest BCUT2D eigenvalue weighted by atomic mass is 10.0.